The van der Waals surface area contributed by atoms with Gasteiger partial charge in [0.05, 0.1) is 0 Å². The molecule has 0 N–H and O–H groups in total. The number of hydrogen-bond donors (Lipinski definition) is 0. The van der Waals surface area contributed by atoms with Crippen molar-refractivity contribution < 1.29 is 75.4 Å². The molecule has 304 valence electrons. The smallest absolute Gasteiger partial charge is 1.00 e. The molecule has 0 radical (unpaired) electrons. The van der Waals surface area contributed by atoms with Crippen LogP contribution in [0.25, 0.3) is 22.3 Å². The van der Waals surface area contributed by atoms with Crippen molar-refractivity contribution in [2.75, 3.05) is 0 Å². The maximum absolute atomic E-state index is 12.7. The van der Waals surface area contributed by atoms with Gasteiger partial charge in [-0.1, -0.05) is 115 Å². The molecule has 58 heavy (non-hydrogen) atoms. The van der Waals surface area contributed by atoms with Crippen LogP contribution < -0.4 is 24.8 Å². The van der Waals surface area contributed by atoms with Gasteiger partial charge in [-0.3, -0.25) is 0 Å². The van der Waals surface area contributed by atoms with Gasteiger partial charge in [0.1, 0.15) is 0 Å². The molecule has 7 rings (SSSR count). The Kier molecular flexibility index (Phi) is 16.1. The first-order valence-electron chi connectivity index (χ1n) is 18.4. The standard InChI is InChI=1S/C21H25.C15H8F6.C13H13.2ClH.Zr/c1-20(2,3)16-7-9-18-14(12-16)11-15-13-17(21(4,5)6)8-10-19(15)18;16-14(17,18)12-5-1-3-10(8-12)7-11-4-2-6-13(9-11)15(19,20)21;1-10-8-11(2)13(9-10)12-6-4-3-5-7-12;;;/h7-10,12H,11H2,1-6H3;1-6,8-9H;3-9H,1-2H3;2*1H;/q-1;;-1;;;+2/p-2. The third-order valence-electron chi connectivity index (χ3n) is 9.75. The van der Waals surface area contributed by atoms with E-state index in [-0.39, 0.29) is 46.8 Å². The van der Waals surface area contributed by atoms with Gasteiger partial charge in [-0.25, -0.2) is 6.07 Å². The number of alkyl halides is 6. The van der Waals surface area contributed by atoms with E-state index in [1.165, 1.54) is 79.9 Å². The second kappa shape index (κ2) is 19.2. The molecule has 0 aromatic heterocycles. The Labute approximate surface area is 366 Å². The van der Waals surface area contributed by atoms with Gasteiger partial charge in [0.25, 0.3) is 0 Å². The van der Waals surface area contributed by atoms with Gasteiger partial charge in [-0.2, -0.15) is 46.5 Å². The molecule has 1 aliphatic carbocycles. The van der Waals surface area contributed by atoms with Crippen LogP contribution >= 0.6 is 0 Å². The van der Waals surface area contributed by atoms with Crippen molar-refractivity contribution in [3.8, 4) is 22.3 Å². The summed E-state index contributed by atoms with van der Waals surface area (Å²) in [4.78, 5) is 0. The van der Waals surface area contributed by atoms with Crippen molar-refractivity contribution in [1.29, 1.82) is 0 Å². The van der Waals surface area contributed by atoms with Crippen molar-refractivity contribution in [3.63, 3.8) is 0 Å². The molecule has 0 heterocycles. The number of hydrogen-bond acceptors (Lipinski definition) is 0. The van der Waals surface area contributed by atoms with Crippen molar-refractivity contribution >= 4 is 3.21 Å². The van der Waals surface area contributed by atoms with Crippen molar-refractivity contribution in [2.45, 2.75) is 85.0 Å². The van der Waals surface area contributed by atoms with Gasteiger partial charge in [0.2, 0.25) is 0 Å². The second-order valence-electron chi connectivity index (χ2n) is 16.3. The summed E-state index contributed by atoms with van der Waals surface area (Å²) in [6, 6.07) is 39.3. The molecule has 0 atom stereocenters. The Hall–Kier alpha value is -3.64. The molecule has 0 spiro atoms. The maximum Gasteiger partial charge on any atom is -1.00 e. The second-order valence-corrected chi connectivity index (χ2v) is 17.6. The zero-order valence-electron chi connectivity index (χ0n) is 33.8. The fraction of sp³-hybridized carbons (Fsp3) is 0.265. The number of rotatable bonds is 3. The van der Waals surface area contributed by atoms with Gasteiger partial charge in [0, 0.05) is 0 Å². The van der Waals surface area contributed by atoms with E-state index in [4.69, 9.17) is 0 Å². The minimum Gasteiger partial charge on any atom is -1.00 e. The van der Waals surface area contributed by atoms with E-state index in [1.807, 2.05) is 0 Å². The summed E-state index contributed by atoms with van der Waals surface area (Å²) in [5.74, 6) is 0. The van der Waals surface area contributed by atoms with Gasteiger partial charge in [-0.15, -0.1) is 11.1 Å². The van der Waals surface area contributed by atoms with Crippen LogP contribution in [0.15, 0.2) is 121 Å². The Balaban J connectivity index is 0.000000236. The number of benzene rings is 5. The van der Waals surface area contributed by atoms with Crippen LogP contribution in [-0.4, -0.2) is 3.21 Å². The first-order chi connectivity index (χ1) is 26.0. The summed E-state index contributed by atoms with van der Waals surface area (Å²) in [7, 11) is 0. The van der Waals surface area contributed by atoms with E-state index in [0.29, 0.717) is 3.21 Å². The van der Waals surface area contributed by atoms with Gasteiger partial charge < -0.3 is 24.8 Å². The zero-order chi connectivity index (χ0) is 41.2. The summed E-state index contributed by atoms with van der Waals surface area (Å²) in [5, 5.41) is 0. The fourth-order valence-electron chi connectivity index (χ4n) is 6.63. The molecule has 1 aliphatic rings. The summed E-state index contributed by atoms with van der Waals surface area (Å²) < 4.78 is 76.7. The molecule has 0 unspecified atom stereocenters. The van der Waals surface area contributed by atoms with Crippen molar-refractivity contribution in [1.82, 2.24) is 0 Å². The molecule has 0 saturated heterocycles. The van der Waals surface area contributed by atoms with Crippen LogP contribution in [0.2, 0.25) is 0 Å². The molecule has 0 amide bonds. The first kappa shape index (κ1) is 48.7. The minimum atomic E-state index is -4.49. The Bertz CT molecular complexity index is 2200. The quantitative estimate of drug-likeness (QED) is 0.124. The summed E-state index contributed by atoms with van der Waals surface area (Å²) >= 11 is 0.729. The fourth-order valence-corrected chi connectivity index (χ4v) is 7.39. The predicted octanol–water partition coefficient (Wildman–Crippen LogP) is 8.19. The number of fused-ring (bicyclic) bond motifs is 3. The van der Waals surface area contributed by atoms with E-state index < -0.39 is 23.5 Å². The minimum absolute atomic E-state index is 0. The topological polar surface area (TPSA) is 0 Å². The summed E-state index contributed by atoms with van der Waals surface area (Å²) in [6.07, 6.45) is -7.95. The Morgan fingerprint density at radius 3 is 1.57 bits per heavy atom. The van der Waals surface area contributed by atoms with Crippen LogP contribution in [0, 0.1) is 19.9 Å². The average Bonchev–Trinajstić information content (AvgIpc) is 3.68. The van der Waals surface area contributed by atoms with Crippen LogP contribution in [0.3, 0.4) is 0 Å². The molecule has 9 heteroatoms. The summed E-state index contributed by atoms with van der Waals surface area (Å²) in [6.45, 7) is 17.9. The molecule has 6 aromatic carbocycles. The largest absolute Gasteiger partial charge is 1.00 e. The van der Waals surface area contributed by atoms with E-state index in [2.05, 4.69) is 134 Å². The average molecular weight is 911 g/mol. The van der Waals surface area contributed by atoms with Gasteiger partial charge in [-0.05, 0) is 28.4 Å². The molecule has 0 saturated carbocycles. The molecular weight excluding hydrogens is 865 g/mol. The predicted molar refractivity (Wildman–Crippen MR) is 214 cm³/mol. The third-order valence-corrected chi connectivity index (χ3v) is 11.2. The monoisotopic (exact) mass is 908 g/mol. The molecule has 6 aromatic rings. The van der Waals surface area contributed by atoms with E-state index in [0.717, 1.165) is 54.9 Å². The Morgan fingerprint density at radius 2 is 1.10 bits per heavy atom. The van der Waals surface area contributed by atoms with E-state index in [1.54, 1.807) is 0 Å². The molecular formula is C49H46Cl2F6Zr-2. The number of halogens is 8. The zero-order valence-corrected chi connectivity index (χ0v) is 37.7. The van der Waals surface area contributed by atoms with Crippen LogP contribution in [0.4, 0.5) is 26.3 Å². The van der Waals surface area contributed by atoms with Crippen LogP contribution in [-0.2, 0) is 53.8 Å². The first-order valence-corrected chi connectivity index (χ1v) is 19.7. The SMILES string of the molecule is CC(C)(C)c1[c-]c2c(cc1)-c1ccc(C(C)(C)C)cc1C2.Cc1cc(-c2ccccc2)c(C)[cH-]1.FC(F)(F)c1cccc([C](=[Zr+2])c2cccc(C(F)(F)F)c2)c1.[Cl-].[Cl-]. The summed E-state index contributed by atoms with van der Waals surface area (Å²) in [5.41, 5.74) is 13.0. The molecule has 0 bridgehead atoms. The van der Waals surface area contributed by atoms with Crippen LogP contribution in [0.5, 0.6) is 0 Å². The normalized spacial score (nSPS) is 12.1. The van der Waals surface area contributed by atoms with E-state index in [9.17, 15) is 26.3 Å². The van der Waals surface area contributed by atoms with Gasteiger partial charge >= 0.3 is 137 Å². The maximum atomic E-state index is 12.7. The molecule has 0 fully saturated rings. The van der Waals surface area contributed by atoms with E-state index >= 15 is 0 Å². The van der Waals surface area contributed by atoms with Crippen LogP contribution in [0.1, 0.15) is 97.2 Å². The van der Waals surface area contributed by atoms with Crippen molar-refractivity contribution in [3.05, 3.63) is 183 Å². The van der Waals surface area contributed by atoms with Gasteiger partial charge in [0.15, 0.2) is 0 Å². The number of aryl methyl sites for hydroxylation is 2. The molecule has 0 nitrogen and oxygen atoms in total. The third kappa shape index (κ3) is 12.2. The van der Waals surface area contributed by atoms with Crippen molar-refractivity contribution in [2.24, 2.45) is 0 Å². The Morgan fingerprint density at radius 1 is 0.569 bits per heavy atom. The molecule has 0 aliphatic heterocycles.